The van der Waals surface area contributed by atoms with E-state index in [1.54, 1.807) is 0 Å². The molecule has 112 valence electrons. The number of aryl methyl sites for hydroxylation is 1. The van der Waals surface area contributed by atoms with Crippen molar-refractivity contribution in [3.05, 3.63) is 57.4 Å². The van der Waals surface area contributed by atoms with E-state index in [4.69, 9.17) is 14.7 Å². The van der Waals surface area contributed by atoms with Crippen molar-refractivity contribution in [2.24, 2.45) is 0 Å². The predicted octanol–water partition coefficient (Wildman–Crippen LogP) is 3.71. The number of nitriles is 1. The Kier molecular flexibility index (Phi) is 4.23. The average Bonchev–Trinajstić information content (AvgIpc) is 2.51. The molecule has 0 bridgehead atoms. The van der Waals surface area contributed by atoms with Crippen LogP contribution in [-0.4, -0.2) is 12.0 Å². The van der Waals surface area contributed by atoms with Crippen molar-refractivity contribution in [2.45, 2.75) is 6.92 Å². The van der Waals surface area contributed by atoms with E-state index in [2.05, 4.69) is 0 Å². The lowest BCUT2D eigenvalue weighted by Crippen LogP contribution is -1.98. The Morgan fingerprint density at radius 3 is 2.55 bits per heavy atom. The molecule has 0 saturated carbocycles. The van der Waals surface area contributed by atoms with Gasteiger partial charge in [0, 0.05) is 12.1 Å². The monoisotopic (exact) mass is 302 g/mol. The molecule has 2 rings (SSSR count). The second-order valence-electron chi connectivity index (χ2n) is 4.41. The van der Waals surface area contributed by atoms with Crippen LogP contribution in [0.4, 0.5) is 10.1 Å². The van der Waals surface area contributed by atoms with Gasteiger partial charge in [-0.05, 0) is 30.7 Å². The van der Waals surface area contributed by atoms with Gasteiger partial charge < -0.3 is 9.47 Å². The molecule has 0 aromatic heterocycles. The molecule has 0 fully saturated rings. The van der Waals surface area contributed by atoms with Crippen molar-refractivity contribution in [2.75, 3.05) is 7.11 Å². The lowest BCUT2D eigenvalue weighted by molar-refractivity contribution is -0.385. The van der Waals surface area contributed by atoms with E-state index in [1.165, 1.54) is 44.4 Å². The third-order valence-corrected chi connectivity index (χ3v) is 2.93. The number of methoxy groups -OCH3 is 1. The molecule has 0 aliphatic carbocycles. The molecule has 22 heavy (non-hydrogen) atoms. The van der Waals surface area contributed by atoms with Gasteiger partial charge in [0.1, 0.15) is 11.5 Å². The van der Waals surface area contributed by atoms with Crippen LogP contribution in [0.2, 0.25) is 0 Å². The Morgan fingerprint density at radius 1 is 1.27 bits per heavy atom. The standard InChI is InChI=1S/C15H11FN2O4/c1-9-3-4-13(18(19)20)15(14(9)16)22-12-6-10(8-17)5-11(7-12)21-2/h3-7H,1-2H3. The first kappa shape index (κ1) is 15.3. The van der Waals surface area contributed by atoms with E-state index in [1.807, 2.05) is 6.07 Å². The van der Waals surface area contributed by atoms with Crippen molar-refractivity contribution in [1.29, 1.82) is 5.26 Å². The van der Waals surface area contributed by atoms with Crippen LogP contribution in [0.1, 0.15) is 11.1 Å². The van der Waals surface area contributed by atoms with Gasteiger partial charge in [0.25, 0.3) is 0 Å². The third kappa shape index (κ3) is 2.96. The molecule has 0 aliphatic rings. The molecule has 0 heterocycles. The number of nitro benzene ring substituents is 1. The highest BCUT2D eigenvalue weighted by molar-refractivity contribution is 5.53. The minimum absolute atomic E-state index is 0.0727. The number of nitrogens with zero attached hydrogens (tertiary/aromatic N) is 2. The van der Waals surface area contributed by atoms with Gasteiger partial charge >= 0.3 is 5.69 Å². The van der Waals surface area contributed by atoms with Crippen molar-refractivity contribution in [1.82, 2.24) is 0 Å². The highest BCUT2D eigenvalue weighted by Crippen LogP contribution is 2.36. The summed E-state index contributed by atoms with van der Waals surface area (Å²) in [6.07, 6.45) is 0. The van der Waals surface area contributed by atoms with Gasteiger partial charge in [0.15, 0.2) is 5.82 Å². The number of hydrogen-bond acceptors (Lipinski definition) is 5. The molecule has 0 saturated heterocycles. The van der Waals surface area contributed by atoms with Crippen molar-refractivity contribution >= 4 is 5.69 Å². The number of nitro groups is 1. The summed E-state index contributed by atoms with van der Waals surface area (Å²) in [4.78, 5) is 10.3. The Balaban J connectivity index is 2.54. The minimum Gasteiger partial charge on any atom is -0.497 e. The van der Waals surface area contributed by atoms with Crippen molar-refractivity contribution in [3.8, 4) is 23.3 Å². The Morgan fingerprint density at radius 2 is 1.95 bits per heavy atom. The van der Waals surface area contributed by atoms with Crippen molar-refractivity contribution in [3.63, 3.8) is 0 Å². The first-order chi connectivity index (χ1) is 10.5. The normalized spacial score (nSPS) is 9.91. The first-order valence-corrected chi connectivity index (χ1v) is 6.16. The summed E-state index contributed by atoms with van der Waals surface area (Å²) < 4.78 is 24.5. The van der Waals surface area contributed by atoms with Crippen LogP contribution in [0, 0.1) is 34.2 Å². The highest BCUT2D eigenvalue weighted by Gasteiger charge is 2.22. The molecule has 0 spiro atoms. The summed E-state index contributed by atoms with van der Waals surface area (Å²) in [6.45, 7) is 1.47. The van der Waals surface area contributed by atoms with Crippen LogP contribution in [0.3, 0.4) is 0 Å². The molecular formula is C15H11FN2O4. The van der Waals surface area contributed by atoms with E-state index in [-0.39, 0.29) is 16.9 Å². The number of rotatable bonds is 4. The summed E-state index contributed by atoms with van der Waals surface area (Å²) in [5.74, 6) is -0.925. The fourth-order valence-corrected chi connectivity index (χ4v) is 1.82. The molecule has 0 amide bonds. The maximum atomic E-state index is 14.1. The van der Waals surface area contributed by atoms with E-state index in [9.17, 15) is 14.5 Å². The van der Waals surface area contributed by atoms with Gasteiger partial charge in [-0.2, -0.15) is 5.26 Å². The first-order valence-electron chi connectivity index (χ1n) is 6.16. The number of benzene rings is 2. The van der Waals surface area contributed by atoms with E-state index < -0.39 is 22.2 Å². The zero-order chi connectivity index (χ0) is 16.3. The van der Waals surface area contributed by atoms with Gasteiger partial charge in [-0.15, -0.1) is 0 Å². The molecule has 0 radical (unpaired) electrons. The molecule has 6 nitrogen and oxygen atoms in total. The molecule has 0 unspecified atom stereocenters. The van der Waals surface area contributed by atoms with Crippen LogP contribution in [0.25, 0.3) is 0 Å². The second kappa shape index (κ2) is 6.10. The van der Waals surface area contributed by atoms with Gasteiger partial charge in [0.2, 0.25) is 5.75 Å². The topological polar surface area (TPSA) is 85.4 Å². The van der Waals surface area contributed by atoms with Crippen LogP contribution in [0.15, 0.2) is 30.3 Å². The average molecular weight is 302 g/mol. The lowest BCUT2D eigenvalue weighted by Gasteiger charge is -2.10. The quantitative estimate of drug-likeness (QED) is 0.634. The highest BCUT2D eigenvalue weighted by atomic mass is 19.1. The number of ether oxygens (including phenoxy) is 2. The molecule has 2 aromatic rings. The van der Waals surface area contributed by atoms with Crippen LogP contribution in [-0.2, 0) is 0 Å². The SMILES string of the molecule is COc1cc(C#N)cc(Oc2c([N+](=O)[O-])ccc(C)c2F)c1. The van der Waals surface area contributed by atoms with Crippen LogP contribution >= 0.6 is 0 Å². The predicted molar refractivity (Wildman–Crippen MR) is 75.6 cm³/mol. The van der Waals surface area contributed by atoms with Crippen LogP contribution < -0.4 is 9.47 Å². The summed E-state index contributed by atoms with van der Waals surface area (Å²) in [6, 6.07) is 8.58. The number of halogens is 1. The molecule has 7 heteroatoms. The van der Waals surface area contributed by atoms with Crippen LogP contribution in [0.5, 0.6) is 17.2 Å². The Hall–Kier alpha value is -3.14. The second-order valence-corrected chi connectivity index (χ2v) is 4.41. The molecular weight excluding hydrogens is 291 g/mol. The fraction of sp³-hybridized carbons (Fsp3) is 0.133. The van der Waals surface area contributed by atoms with E-state index in [0.29, 0.717) is 5.75 Å². The summed E-state index contributed by atoms with van der Waals surface area (Å²) in [7, 11) is 1.40. The van der Waals surface area contributed by atoms with Gasteiger partial charge in [-0.3, -0.25) is 10.1 Å². The van der Waals surface area contributed by atoms with Crippen molar-refractivity contribution < 1.29 is 18.8 Å². The van der Waals surface area contributed by atoms with E-state index in [0.717, 1.165) is 0 Å². The Bertz CT molecular complexity index is 784. The molecule has 2 aromatic carbocycles. The summed E-state index contributed by atoms with van der Waals surface area (Å²) in [5.41, 5.74) is -0.0569. The summed E-state index contributed by atoms with van der Waals surface area (Å²) >= 11 is 0. The zero-order valence-electron chi connectivity index (χ0n) is 11.8. The minimum atomic E-state index is -0.824. The fourth-order valence-electron chi connectivity index (χ4n) is 1.82. The largest absolute Gasteiger partial charge is 0.497 e. The third-order valence-electron chi connectivity index (χ3n) is 2.93. The van der Waals surface area contributed by atoms with E-state index >= 15 is 0 Å². The Labute approximate surface area is 125 Å². The van der Waals surface area contributed by atoms with Gasteiger partial charge in [-0.25, -0.2) is 4.39 Å². The lowest BCUT2D eigenvalue weighted by atomic mass is 10.2. The maximum absolute atomic E-state index is 14.1. The number of hydrogen-bond donors (Lipinski definition) is 0. The maximum Gasteiger partial charge on any atom is 0.314 e. The molecule has 0 atom stereocenters. The molecule has 0 aliphatic heterocycles. The van der Waals surface area contributed by atoms with Gasteiger partial charge in [-0.1, -0.05) is 0 Å². The van der Waals surface area contributed by atoms with Gasteiger partial charge in [0.05, 0.1) is 23.7 Å². The smallest absolute Gasteiger partial charge is 0.314 e. The summed E-state index contributed by atoms with van der Waals surface area (Å²) in [5, 5.41) is 19.9. The zero-order valence-corrected chi connectivity index (χ0v) is 11.8. The molecule has 0 N–H and O–H groups in total.